The van der Waals surface area contributed by atoms with Gasteiger partial charge in [-0.15, -0.1) is 0 Å². The van der Waals surface area contributed by atoms with Crippen LogP contribution in [0.4, 0.5) is 4.79 Å². The monoisotopic (exact) mass is 509 g/mol. The number of carbonyl (C=O) groups is 1. The molecular formula is C27H44ClN3O4. The van der Waals surface area contributed by atoms with Gasteiger partial charge in [-0.05, 0) is 49.9 Å². The molecule has 198 valence electrons. The molecule has 2 amide bonds. The number of likely N-dealkylation sites (N-methyl/N-ethyl adjacent to an activating group) is 1. The average molecular weight is 510 g/mol. The molecule has 1 aromatic carbocycles. The Bertz CT molecular complexity index is 777. The van der Waals surface area contributed by atoms with Crippen LogP contribution >= 0.6 is 11.6 Å². The molecule has 3 unspecified atom stereocenters. The second-order valence-corrected chi connectivity index (χ2v) is 10.6. The molecule has 2 fully saturated rings. The summed E-state index contributed by atoms with van der Waals surface area (Å²) in [6.07, 6.45) is 9.11. The third kappa shape index (κ3) is 8.32. The van der Waals surface area contributed by atoms with Crippen molar-refractivity contribution < 1.29 is 19.4 Å². The molecule has 3 rings (SSSR count). The number of urea groups is 1. The van der Waals surface area contributed by atoms with Crippen LogP contribution in [0.3, 0.4) is 0 Å². The minimum absolute atomic E-state index is 0.0421. The van der Waals surface area contributed by atoms with Gasteiger partial charge in [0.1, 0.15) is 5.60 Å². The van der Waals surface area contributed by atoms with Gasteiger partial charge in [-0.3, -0.25) is 0 Å². The van der Waals surface area contributed by atoms with Crippen LogP contribution in [0.5, 0.6) is 0 Å². The molecular weight excluding hydrogens is 466 g/mol. The van der Waals surface area contributed by atoms with E-state index in [1.165, 1.54) is 32.1 Å². The molecule has 1 saturated heterocycles. The van der Waals surface area contributed by atoms with E-state index in [0.29, 0.717) is 37.2 Å². The lowest BCUT2D eigenvalue weighted by molar-refractivity contribution is -0.108. The van der Waals surface area contributed by atoms with Crippen LogP contribution in [0.2, 0.25) is 5.02 Å². The molecule has 0 bridgehead atoms. The van der Waals surface area contributed by atoms with Crippen molar-refractivity contribution in [1.29, 1.82) is 0 Å². The number of hydrogen-bond acceptors (Lipinski definition) is 5. The summed E-state index contributed by atoms with van der Waals surface area (Å²) in [6, 6.07) is 7.40. The van der Waals surface area contributed by atoms with Crippen molar-refractivity contribution >= 4 is 17.6 Å². The number of nitrogens with zero attached hydrogens (tertiary/aromatic N) is 1. The van der Waals surface area contributed by atoms with E-state index in [2.05, 4.69) is 10.6 Å². The van der Waals surface area contributed by atoms with Crippen LogP contribution in [0, 0.1) is 11.8 Å². The maximum Gasteiger partial charge on any atom is 0.317 e. The molecule has 7 nitrogen and oxygen atoms in total. The molecule has 2 aliphatic rings. The van der Waals surface area contributed by atoms with Crippen LogP contribution in [0.25, 0.3) is 0 Å². The van der Waals surface area contributed by atoms with Crippen molar-refractivity contribution in [2.75, 3.05) is 53.6 Å². The second-order valence-electron chi connectivity index (χ2n) is 10.2. The predicted molar refractivity (Wildman–Crippen MR) is 140 cm³/mol. The molecule has 1 aromatic rings. The molecule has 8 heteroatoms. The smallest absolute Gasteiger partial charge is 0.317 e. The molecule has 0 spiro atoms. The Balaban J connectivity index is 1.67. The van der Waals surface area contributed by atoms with Gasteiger partial charge in [0.15, 0.2) is 0 Å². The van der Waals surface area contributed by atoms with Crippen LogP contribution in [0.1, 0.15) is 56.9 Å². The Labute approximate surface area is 215 Å². The van der Waals surface area contributed by atoms with Crippen molar-refractivity contribution in [2.24, 2.45) is 11.8 Å². The number of rotatable bonds is 12. The predicted octanol–water partition coefficient (Wildman–Crippen LogP) is 4.17. The lowest BCUT2D eigenvalue weighted by Crippen LogP contribution is -2.54. The highest BCUT2D eigenvalue weighted by molar-refractivity contribution is 6.30. The number of methoxy groups -OCH3 is 1. The number of aliphatic hydroxyl groups is 1. The van der Waals surface area contributed by atoms with Crippen molar-refractivity contribution in [3.05, 3.63) is 34.9 Å². The fourth-order valence-corrected chi connectivity index (χ4v) is 5.84. The summed E-state index contributed by atoms with van der Waals surface area (Å²) in [5.74, 6) is 0.526. The number of benzene rings is 1. The number of carbonyl (C=O) groups excluding carboxylic acids is 1. The van der Waals surface area contributed by atoms with E-state index < -0.39 is 5.60 Å². The van der Waals surface area contributed by atoms with Gasteiger partial charge in [-0.25, -0.2) is 4.79 Å². The van der Waals surface area contributed by atoms with Crippen LogP contribution < -0.4 is 10.6 Å². The molecule has 35 heavy (non-hydrogen) atoms. The number of piperidine rings is 1. The summed E-state index contributed by atoms with van der Waals surface area (Å²) >= 11 is 6.27. The van der Waals surface area contributed by atoms with Crippen molar-refractivity contribution in [3.8, 4) is 0 Å². The van der Waals surface area contributed by atoms with E-state index in [0.717, 1.165) is 31.4 Å². The lowest BCUT2D eigenvalue weighted by Gasteiger charge is -2.43. The maximum atomic E-state index is 13.3. The number of hydrogen-bond donors (Lipinski definition) is 3. The van der Waals surface area contributed by atoms with Gasteiger partial charge in [0, 0.05) is 43.7 Å². The molecule has 1 saturated carbocycles. The zero-order valence-electron chi connectivity index (χ0n) is 21.4. The Kier molecular flexibility index (Phi) is 11.6. The number of likely N-dealkylation sites (tertiary alicyclic amines) is 1. The van der Waals surface area contributed by atoms with Crippen molar-refractivity contribution in [3.63, 3.8) is 0 Å². The molecule has 1 heterocycles. The number of halogens is 1. The first-order chi connectivity index (χ1) is 17.0. The second kappa shape index (κ2) is 14.4. The summed E-state index contributed by atoms with van der Waals surface area (Å²) in [5, 5.41) is 19.0. The van der Waals surface area contributed by atoms with E-state index in [1.807, 2.05) is 24.1 Å². The normalized spacial score (nSPS) is 21.9. The highest BCUT2D eigenvalue weighted by Gasteiger charge is 2.42. The van der Waals surface area contributed by atoms with E-state index in [-0.39, 0.29) is 24.6 Å². The van der Waals surface area contributed by atoms with Gasteiger partial charge < -0.3 is 30.1 Å². The highest BCUT2D eigenvalue weighted by Crippen LogP contribution is 2.37. The summed E-state index contributed by atoms with van der Waals surface area (Å²) in [6.45, 7) is 2.90. The van der Waals surface area contributed by atoms with Gasteiger partial charge in [0.05, 0.1) is 19.8 Å². The summed E-state index contributed by atoms with van der Waals surface area (Å²) in [7, 11) is 3.56. The molecule has 0 radical (unpaired) electrons. The molecule has 1 aliphatic heterocycles. The summed E-state index contributed by atoms with van der Waals surface area (Å²) in [5.41, 5.74) is -0.524. The number of amides is 2. The Hall–Kier alpha value is -1.38. The Morgan fingerprint density at radius 2 is 2.03 bits per heavy atom. The Morgan fingerprint density at radius 1 is 1.23 bits per heavy atom. The van der Waals surface area contributed by atoms with Crippen LogP contribution in [-0.2, 0) is 15.1 Å². The lowest BCUT2D eigenvalue weighted by atomic mass is 9.77. The third-order valence-electron chi connectivity index (χ3n) is 7.58. The van der Waals surface area contributed by atoms with Crippen molar-refractivity contribution in [1.82, 2.24) is 15.5 Å². The minimum atomic E-state index is -1.25. The van der Waals surface area contributed by atoms with E-state index in [4.69, 9.17) is 21.1 Å². The fourth-order valence-electron chi connectivity index (χ4n) is 5.65. The van der Waals surface area contributed by atoms with E-state index in [9.17, 15) is 9.90 Å². The van der Waals surface area contributed by atoms with Crippen molar-refractivity contribution in [2.45, 2.75) is 63.0 Å². The standard InChI is InChI=1S/C27H44ClN3O4/c1-29-18-25(16-21-8-4-3-5-9-21)30-26(32)31-13-7-11-23(19-31)27(33,20-35-15-14-34-2)22-10-6-12-24(28)17-22/h6,10,12,17,21,23,25,29,33H,3-5,7-9,11,13-16,18-20H2,1-2H3,(H,30,32). The molecule has 0 aromatic heterocycles. The van der Waals surface area contributed by atoms with Gasteiger partial charge in [0.2, 0.25) is 0 Å². The van der Waals surface area contributed by atoms with Gasteiger partial charge in [-0.1, -0.05) is 55.8 Å². The highest BCUT2D eigenvalue weighted by atomic mass is 35.5. The first kappa shape index (κ1) is 28.2. The summed E-state index contributed by atoms with van der Waals surface area (Å²) in [4.78, 5) is 15.2. The minimum Gasteiger partial charge on any atom is -0.382 e. The molecule has 3 N–H and O–H groups in total. The first-order valence-corrected chi connectivity index (χ1v) is 13.6. The maximum absolute atomic E-state index is 13.3. The zero-order chi connectivity index (χ0) is 25.1. The van der Waals surface area contributed by atoms with E-state index in [1.54, 1.807) is 19.2 Å². The molecule has 3 atom stereocenters. The zero-order valence-corrected chi connectivity index (χ0v) is 22.2. The van der Waals surface area contributed by atoms with Gasteiger partial charge in [-0.2, -0.15) is 0 Å². The molecule has 1 aliphatic carbocycles. The quantitative estimate of drug-likeness (QED) is 0.368. The third-order valence-corrected chi connectivity index (χ3v) is 7.82. The number of nitrogens with one attached hydrogen (secondary N) is 2. The largest absolute Gasteiger partial charge is 0.382 e. The summed E-state index contributed by atoms with van der Waals surface area (Å²) < 4.78 is 10.9. The van der Waals surface area contributed by atoms with E-state index >= 15 is 0 Å². The Morgan fingerprint density at radius 3 is 2.74 bits per heavy atom. The van der Waals surface area contributed by atoms with Gasteiger partial charge in [0.25, 0.3) is 0 Å². The number of ether oxygens (including phenoxy) is 2. The average Bonchev–Trinajstić information content (AvgIpc) is 2.87. The first-order valence-electron chi connectivity index (χ1n) is 13.2. The SMILES string of the molecule is CNCC(CC1CCCCC1)NC(=O)N1CCCC(C(O)(COCCOC)c2cccc(Cl)c2)C1. The fraction of sp³-hybridized carbons (Fsp3) is 0.741. The van der Waals surface area contributed by atoms with Gasteiger partial charge >= 0.3 is 6.03 Å². The topological polar surface area (TPSA) is 83.1 Å². The van der Waals surface area contributed by atoms with Crippen LogP contribution in [-0.4, -0.2) is 75.7 Å². The van der Waals surface area contributed by atoms with Crippen LogP contribution in [0.15, 0.2) is 24.3 Å².